The zero-order chi connectivity index (χ0) is 19.2. The van der Waals surface area contributed by atoms with E-state index in [4.69, 9.17) is 10.0 Å². The quantitative estimate of drug-likeness (QED) is 0.309. The Balaban J connectivity index is -0.000000307. The summed E-state index contributed by atoms with van der Waals surface area (Å²) in [6, 6.07) is 9.40. The van der Waals surface area contributed by atoms with Gasteiger partial charge in [0.1, 0.15) is 6.79 Å². The predicted octanol–water partition coefficient (Wildman–Crippen LogP) is 6.06. The molecule has 0 unspecified atom stereocenters. The van der Waals surface area contributed by atoms with Crippen molar-refractivity contribution in [3.05, 3.63) is 72.4 Å². The fourth-order valence-corrected chi connectivity index (χ4v) is 1.63. The molecule has 0 bridgehead atoms. The number of benzene rings is 1. The van der Waals surface area contributed by atoms with Gasteiger partial charge in [0.2, 0.25) is 0 Å². The second kappa shape index (κ2) is 22.9. The average Bonchev–Trinajstić information content (AvgIpc) is 2.60. The first-order chi connectivity index (χ1) is 11.6. The lowest BCUT2D eigenvalue weighted by Gasteiger charge is -2.03. The lowest BCUT2D eigenvalue weighted by molar-refractivity contribution is -0.0979. The summed E-state index contributed by atoms with van der Waals surface area (Å²) in [6.07, 6.45) is 10.6. The van der Waals surface area contributed by atoms with Crippen molar-refractivity contribution in [2.24, 2.45) is 11.1 Å². The maximum atomic E-state index is 8.09. The molecule has 0 radical (unpaired) electrons. The maximum Gasteiger partial charge on any atom is 0.106 e. The molecule has 0 aromatic heterocycles. The molecule has 3 heteroatoms. The minimum Gasteiger partial charge on any atom is -0.411 e. The van der Waals surface area contributed by atoms with Crippen LogP contribution in [0.2, 0.25) is 0 Å². The van der Waals surface area contributed by atoms with Gasteiger partial charge in [-0.05, 0) is 30.4 Å². The van der Waals surface area contributed by atoms with Gasteiger partial charge < -0.3 is 10.0 Å². The Kier molecular flexibility index (Phi) is 25.2. The number of hydrogen-bond acceptors (Lipinski definition) is 3. The zero-order valence-corrected chi connectivity index (χ0v) is 15.8. The van der Waals surface area contributed by atoms with Crippen LogP contribution in [0, 0.1) is 5.92 Å². The number of oxime groups is 1. The average molecular weight is 332 g/mol. The van der Waals surface area contributed by atoms with Gasteiger partial charge in [0.25, 0.3) is 0 Å². The third-order valence-electron chi connectivity index (χ3n) is 2.36. The van der Waals surface area contributed by atoms with Gasteiger partial charge in [-0.2, -0.15) is 0 Å². The first-order valence-corrected chi connectivity index (χ1v) is 8.09. The van der Waals surface area contributed by atoms with Crippen molar-refractivity contribution in [3.8, 4) is 0 Å². The monoisotopic (exact) mass is 331 g/mol. The van der Waals surface area contributed by atoms with E-state index in [9.17, 15) is 0 Å². The Labute approximate surface area is 148 Å². The van der Waals surface area contributed by atoms with E-state index in [-0.39, 0.29) is 0 Å². The van der Waals surface area contributed by atoms with Crippen LogP contribution in [0.4, 0.5) is 0 Å². The van der Waals surface area contributed by atoms with Crippen molar-refractivity contribution in [1.82, 2.24) is 0 Å². The Morgan fingerprint density at radius 3 is 2.12 bits per heavy atom. The Bertz CT molecular complexity index is 460. The van der Waals surface area contributed by atoms with E-state index in [2.05, 4.69) is 43.8 Å². The highest BCUT2D eigenvalue weighted by Gasteiger charge is 1.95. The number of hydrogen-bond donors (Lipinski definition) is 1. The second-order valence-corrected chi connectivity index (χ2v) is 4.73. The SMILES string of the molecule is C=C/C=C(\C=C/C)CC(C)C.C=O.CC.O/N=C/c1ccccc1. The number of allylic oxidation sites excluding steroid dienone is 5. The van der Waals surface area contributed by atoms with E-state index in [1.807, 2.05) is 64.0 Å². The molecule has 24 heavy (non-hydrogen) atoms. The van der Waals surface area contributed by atoms with E-state index >= 15 is 0 Å². The minimum absolute atomic E-state index is 0.720. The van der Waals surface area contributed by atoms with Gasteiger partial charge in [-0.25, -0.2) is 0 Å². The van der Waals surface area contributed by atoms with E-state index in [0.717, 1.165) is 17.9 Å². The molecule has 0 atom stereocenters. The normalized spacial score (nSPS) is 10.2. The summed E-state index contributed by atoms with van der Waals surface area (Å²) in [6.45, 7) is 16.2. The summed E-state index contributed by atoms with van der Waals surface area (Å²) < 4.78 is 0. The summed E-state index contributed by atoms with van der Waals surface area (Å²) in [4.78, 5) is 8.00. The molecule has 3 nitrogen and oxygen atoms in total. The van der Waals surface area contributed by atoms with Crippen molar-refractivity contribution >= 4 is 13.0 Å². The molecule has 0 heterocycles. The van der Waals surface area contributed by atoms with Crippen LogP contribution >= 0.6 is 0 Å². The van der Waals surface area contributed by atoms with E-state index in [1.165, 1.54) is 11.8 Å². The van der Waals surface area contributed by atoms with Crippen LogP contribution in [-0.2, 0) is 4.79 Å². The standard InChI is InChI=1S/C11H18.C7H7NO.C2H6.CH2O/c1-5-7-11(8-6-2)9-10(3)4;9-8-6-7-4-2-1-3-5-7;2*1-2/h5-8,10H,1,9H2,2-4H3;1-6,9H;1-2H3;1H2/b8-6-,11-7+;8-6+;;. The number of carbonyl (C=O) groups is 1. The molecule has 0 fully saturated rings. The number of carbonyl (C=O) groups excluding carboxylic acids is 1. The van der Waals surface area contributed by atoms with Gasteiger partial charge in [-0.1, -0.05) is 94.1 Å². The van der Waals surface area contributed by atoms with Crippen LogP contribution in [0.3, 0.4) is 0 Å². The molecule has 1 rings (SSSR count). The minimum atomic E-state index is 0.720. The van der Waals surface area contributed by atoms with Gasteiger partial charge in [-0.3, -0.25) is 0 Å². The molecule has 1 aromatic rings. The molecule has 0 spiro atoms. The molecule has 1 N–H and O–H groups in total. The van der Waals surface area contributed by atoms with Crippen molar-refractivity contribution in [3.63, 3.8) is 0 Å². The molecule has 0 aliphatic carbocycles. The predicted molar refractivity (Wildman–Crippen MR) is 107 cm³/mol. The summed E-state index contributed by atoms with van der Waals surface area (Å²) in [5.41, 5.74) is 2.26. The molecule has 0 amide bonds. The number of nitrogens with zero attached hydrogens (tertiary/aromatic N) is 1. The van der Waals surface area contributed by atoms with Crippen LogP contribution in [0.15, 0.2) is 71.9 Å². The molecular formula is C21H33NO2. The third kappa shape index (κ3) is 19.6. The fourth-order valence-electron chi connectivity index (χ4n) is 1.63. The lowest BCUT2D eigenvalue weighted by atomic mass is 10.0. The van der Waals surface area contributed by atoms with Crippen LogP contribution in [0.5, 0.6) is 0 Å². The van der Waals surface area contributed by atoms with Crippen LogP contribution in [0.1, 0.15) is 46.6 Å². The Hall–Kier alpha value is -2.42. The van der Waals surface area contributed by atoms with Crippen molar-refractivity contribution in [1.29, 1.82) is 0 Å². The van der Waals surface area contributed by atoms with Crippen molar-refractivity contribution in [2.75, 3.05) is 0 Å². The van der Waals surface area contributed by atoms with Crippen molar-refractivity contribution in [2.45, 2.75) is 41.0 Å². The smallest absolute Gasteiger partial charge is 0.106 e. The van der Waals surface area contributed by atoms with E-state index < -0.39 is 0 Å². The highest BCUT2D eigenvalue weighted by atomic mass is 16.4. The summed E-state index contributed by atoms with van der Waals surface area (Å²) in [7, 11) is 0. The Morgan fingerprint density at radius 2 is 1.75 bits per heavy atom. The second-order valence-electron chi connectivity index (χ2n) is 4.73. The molecular weight excluding hydrogens is 298 g/mol. The van der Waals surface area contributed by atoms with Crippen LogP contribution < -0.4 is 0 Å². The maximum absolute atomic E-state index is 8.09. The highest BCUT2D eigenvalue weighted by molar-refractivity contribution is 5.78. The molecule has 0 aliphatic rings. The topological polar surface area (TPSA) is 49.7 Å². The summed E-state index contributed by atoms with van der Waals surface area (Å²) in [5.74, 6) is 0.720. The first-order valence-electron chi connectivity index (χ1n) is 8.09. The molecule has 0 saturated heterocycles. The fraction of sp³-hybridized carbons (Fsp3) is 0.333. The molecule has 0 saturated carbocycles. The zero-order valence-electron chi connectivity index (χ0n) is 15.8. The van der Waals surface area contributed by atoms with E-state index in [1.54, 1.807) is 0 Å². The third-order valence-corrected chi connectivity index (χ3v) is 2.36. The lowest BCUT2D eigenvalue weighted by Crippen LogP contribution is -1.88. The molecule has 1 aromatic carbocycles. The molecule has 134 valence electrons. The van der Waals surface area contributed by atoms with E-state index in [0.29, 0.717) is 0 Å². The van der Waals surface area contributed by atoms with Gasteiger partial charge in [0.05, 0.1) is 6.21 Å². The Morgan fingerprint density at radius 1 is 1.21 bits per heavy atom. The van der Waals surface area contributed by atoms with Gasteiger partial charge in [0.15, 0.2) is 0 Å². The highest BCUT2D eigenvalue weighted by Crippen LogP contribution is 2.11. The summed E-state index contributed by atoms with van der Waals surface area (Å²) in [5, 5.41) is 11.0. The van der Waals surface area contributed by atoms with Crippen LogP contribution in [-0.4, -0.2) is 18.2 Å². The van der Waals surface area contributed by atoms with Crippen LogP contribution in [0.25, 0.3) is 0 Å². The summed E-state index contributed by atoms with van der Waals surface area (Å²) >= 11 is 0. The number of rotatable bonds is 5. The molecule has 0 aliphatic heterocycles. The van der Waals surface area contributed by atoms with Crippen molar-refractivity contribution < 1.29 is 10.0 Å². The largest absolute Gasteiger partial charge is 0.411 e. The van der Waals surface area contributed by atoms with Gasteiger partial charge in [-0.15, -0.1) is 0 Å². The first kappa shape index (κ1) is 26.5. The van der Waals surface area contributed by atoms with Gasteiger partial charge >= 0.3 is 0 Å². The van der Waals surface area contributed by atoms with Gasteiger partial charge in [0, 0.05) is 0 Å².